The van der Waals surface area contributed by atoms with Crippen LogP contribution >= 0.6 is 0 Å². The molecule has 2 rings (SSSR count). The van der Waals surface area contributed by atoms with Gasteiger partial charge < -0.3 is 4.74 Å². The van der Waals surface area contributed by atoms with Crippen molar-refractivity contribution in [3.63, 3.8) is 0 Å². The van der Waals surface area contributed by atoms with Crippen molar-refractivity contribution in [2.45, 2.75) is 25.7 Å². The Bertz CT molecular complexity index is 432. The van der Waals surface area contributed by atoms with E-state index in [4.69, 9.17) is 4.74 Å². The summed E-state index contributed by atoms with van der Waals surface area (Å²) in [5, 5.41) is 0. The largest absolute Gasteiger partial charge is 0.466 e. The van der Waals surface area contributed by atoms with E-state index in [0.717, 1.165) is 24.0 Å². The molecule has 0 heterocycles. The van der Waals surface area contributed by atoms with Crippen molar-refractivity contribution in [1.82, 2.24) is 0 Å². The first-order chi connectivity index (χ1) is 7.72. The summed E-state index contributed by atoms with van der Waals surface area (Å²) >= 11 is 0. The van der Waals surface area contributed by atoms with Gasteiger partial charge in [0.25, 0.3) is 0 Å². The number of carbonyl (C=O) groups excluding carboxylic acids is 1. The molecule has 1 atom stereocenters. The normalized spacial score (nSPS) is 19.4. The first-order valence-corrected chi connectivity index (χ1v) is 5.60. The molecule has 0 saturated carbocycles. The van der Waals surface area contributed by atoms with Gasteiger partial charge in [0.2, 0.25) is 0 Å². The number of esters is 1. The van der Waals surface area contributed by atoms with Gasteiger partial charge in [-0.1, -0.05) is 31.2 Å². The minimum absolute atomic E-state index is 0.205. The Balaban J connectivity index is 2.43. The third-order valence-electron chi connectivity index (χ3n) is 3.15. The zero-order valence-electron chi connectivity index (χ0n) is 9.69. The van der Waals surface area contributed by atoms with Gasteiger partial charge in [-0.15, -0.1) is 0 Å². The molecule has 1 aliphatic carbocycles. The smallest absolute Gasteiger partial charge is 0.333 e. The van der Waals surface area contributed by atoms with Crippen molar-refractivity contribution < 1.29 is 9.53 Å². The molecule has 0 aliphatic heterocycles. The summed E-state index contributed by atoms with van der Waals surface area (Å²) in [6, 6.07) is 8.24. The Morgan fingerprint density at radius 3 is 2.88 bits per heavy atom. The van der Waals surface area contributed by atoms with E-state index >= 15 is 0 Å². The summed E-state index contributed by atoms with van der Waals surface area (Å²) < 4.78 is 4.79. The monoisotopic (exact) mass is 216 g/mol. The van der Waals surface area contributed by atoms with Crippen molar-refractivity contribution in [1.29, 1.82) is 0 Å². The van der Waals surface area contributed by atoms with Crippen LogP contribution in [0.2, 0.25) is 0 Å². The van der Waals surface area contributed by atoms with E-state index < -0.39 is 0 Å². The summed E-state index contributed by atoms with van der Waals surface area (Å²) in [5.41, 5.74) is 3.24. The standard InChI is InChI=1S/C14H16O2/c1-10-7-8-12(14(15)16-2)9-11-5-3-4-6-13(10)11/h3-6,9-10H,7-8H2,1-2H3. The Kier molecular flexibility index (Phi) is 3.09. The third kappa shape index (κ3) is 2.01. The lowest BCUT2D eigenvalue weighted by Crippen LogP contribution is -2.04. The van der Waals surface area contributed by atoms with Crippen LogP contribution in [0, 0.1) is 0 Å². The average molecular weight is 216 g/mol. The van der Waals surface area contributed by atoms with Crippen LogP contribution in [0.15, 0.2) is 29.8 Å². The molecule has 16 heavy (non-hydrogen) atoms. The van der Waals surface area contributed by atoms with Crippen LogP contribution in [0.5, 0.6) is 0 Å². The molecule has 1 aromatic carbocycles. The van der Waals surface area contributed by atoms with Gasteiger partial charge in [-0.05, 0) is 36.0 Å². The topological polar surface area (TPSA) is 26.3 Å². The van der Waals surface area contributed by atoms with Crippen LogP contribution < -0.4 is 0 Å². The average Bonchev–Trinajstić information content (AvgIpc) is 2.49. The van der Waals surface area contributed by atoms with Crippen molar-refractivity contribution >= 4 is 12.0 Å². The number of hydrogen-bond acceptors (Lipinski definition) is 2. The summed E-state index contributed by atoms with van der Waals surface area (Å²) in [5.74, 6) is 0.290. The number of methoxy groups -OCH3 is 1. The van der Waals surface area contributed by atoms with Crippen molar-refractivity contribution in [2.75, 3.05) is 7.11 Å². The zero-order valence-corrected chi connectivity index (χ0v) is 9.69. The van der Waals surface area contributed by atoms with Crippen molar-refractivity contribution in [3.8, 4) is 0 Å². The molecule has 2 nitrogen and oxygen atoms in total. The third-order valence-corrected chi connectivity index (χ3v) is 3.15. The van der Waals surface area contributed by atoms with Gasteiger partial charge in [-0.25, -0.2) is 4.79 Å². The van der Waals surface area contributed by atoms with Crippen LogP contribution in [0.3, 0.4) is 0 Å². The number of rotatable bonds is 1. The van der Waals surface area contributed by atoms with Crippen molar-refractivity contribution in [2.24, 2.45) is 0 Å². The summed E-state index contributed by atoms with van der Waals surface area (Å²) in [4.78, 5) is 11.5. The molecule has 0 bridgehead atoms. The molecule has 0 N–H and O–H groups in total. The molecular weight excluding hydrogens is 200 g/mol. The van der Waals surface area contributed by atoms with E-state index in [1.165, 1.54) is 12.7 Å². The molecule has 0 radical (unpaired) electrons. The van der Waals surface area contributed by atoms with Gasteiger partial charge in [0.05, 0.1) is 7.11 Å². The molecule has 0 saturated heterocycles. The molecule has 1 aromatic rings. The van der Waals surface area contributed by atoms with Gasteiger partial charge >= 0.3 is 5.97 Å². The Morgan fingerprint density at radius 1 is 1.38 bits per heavy atom. The fourth-order valence-corrected chi connectivity index (χ4v) is 2.17. The second-order valence-corrected chi connectivity index (χ2v) is 4.23. The minimum atomic E-state index is -0.205. The van der Waals surface area contributed by atoms with Crippen LogP contribution in [0.4, 0.5) is 0 Å². The molecule has 1 aliphatic rings. The maximum Gasteiger partial charge on any atom is 0.333 e. The number of benzene rings is 1. The minimum Gasteiger partial charge on any atom is -0.466 e. The molecule has 0 amide bonds. The lowest BCUT2D eigenvalue weighted by molar-refractivity contribution is -0.136. The maximum atomic E-state index is 11.5. The Morgan fingerprint density at radius 2 is 2.12 bits per heavy atom. The summed E-state index contributed by atoms with van der Waals surface area (Å²) in [7, 11) is 1.43. The highest BCUT2D eigenvalue weighted by Crippen LogP contribution is 2.31. The van der Waals surface area contributed by atoms with Gasteiger partial charge in [-0.2, -0.15) is 0 Å². The Labute approximate surface area is 95.9 Å². The fourth-order valence-electron chi connectivity index (χ4n) is 2.17. The predicted octanol–water partition coefficient (Wildman–Crippen LogP) is 3.14. The van der Waals surface area contributed by atoms with Crippen LogP contribution in [-0.2, 0) is 9.53 Å². The highest BCUT2D eigenvalue weighted by atomic mass is 16.5. The second kappa shape index (κ2) is 4.52. The predicted molar refractivity (Wildman–Crippen MR) is 64.1 cm³/mol. The molecule has 1 unspecified atom stereocenters. The zero-order chi connectivity index (χ0) is 11.5. The fraction of sp³-hybridized carbons (Fsp3) is 0.357. The lowest BCUT2D eigenvalue weighted by Gasteiger charge is -2.10. The summed E-state index contributed by atoms with van der Waals surface area (Å²) in [6.07, 6.45) is 3.76. The van der Waals surface area contributed by atoms with E-state index in [-0.39, 0.29) is 5.97 Å². The van der Waals surface area contributed by atoms with E-state index in [1.807, 2.05) is 18.2 Å². The lowest BCUT2D eigenvalue weighted by atomic mass is 9.94. The van der Waals surface area contributed by atoms with Gasteiger partial charge in [-0.3, -0.25) is 0 Å². The van der Waals surface area contributed by atoms with Gasteiger partial charge in [0, 0.05) is 5.57 Å². The highest BCUT2D eigenvalue weighted by molar-refractivity contribution is 5.94. The SMILES string of the molecule is COC(=O)C1=Cc2ccccc2C(C)CC1. The molecule has 0 fully saturated rings. The number of carbonyl (C=O) groups is 1. The van der Waals surface area contributed by atoms with Crippen molar-refractivity contribution in [3.05, 3.63) is 41.0 Å². The molecule has 2 heteroatoms. The second-order valence-electron chi connectivity index (χ2n) is 4.23. The maximum absolute atomic E-state index is 11.5. The highest BCUT2D eigenvalue weighted by Gasteiger charge is 2.18. The molecule has 84 valence electrons. The summed E-state index contributed by atoms with van der Waals surface area (Å²) in [6.45, 7) is 2.20. The first kappa shape index (κ1) is 10.9. The van der Waals surface area contributed by atoms with E-state index in [0.29, 0.717) is 5.92 Å². The molecule has 0 spiro atoms. The quantitative estimate of drug-likeness (QED) is 0.674. The van der Waals surface area contributed by atoms with Crippen LogP contribution in [0.1, 0.15) is 36.8 Å². The van der Waals surface area contributed by atoms with E-state index in [2.05, 4.69) is 19.1 Å². The molecule has 0 aromatic heterocycles. The van der Waals surface area contributed by atoms with Gasteiger partial charge in [0.1, 0.15) is 0 Å². The van der Waals surface area contributed by atoms with E-state index in [1.54, 1.807) is 0 Å². The Hall–Kier alpha value is -1.57. The number of fused-ring (bicyclic) bond motifs is 1. The van der Waals surface area contributed by atoms with Gasteiger partial charge in [0.15, 0.2) is 0 Å². The van der Waals surface area contributed by atoms with E-state index in [9.17, 15) is 4.79 Å². The molecular formula is C14H16O2. The number of hydrogen-bond donors (Lipinski definition) is 0. The number of ether oxygens (including phenoxy) is 1. The van der Waals surface area contributed by atoms with Crippen LogP contribution in [0.25, 0.3) is 6.08 Å². The first-order valence-electron chi connectivity index (χ1n) is 5.60. The van der Waals surface area contributed by atoms with Crippen LogP contribution in [-0.4, -0.2) is 13.1 Å².